The Balaban J connectivity index is 0.00000441. The minimum Gasteiger partial charge on any atom is -0.391 e. The van der Waals surface area contributed by atoms with Crippen molar-refractivity contribution in [2.75, 3.05) is 0 Å². The number of aliphatic hydroxyl groups is 1. The number of rotatable bonds is 4. The van der Waals surface area contributed by atoms with Gasteiger partial charge in [-0.05, 0) is 24.1 Å². The van der Waals surface area contributed by atoms with E-state index in [1.165, 1.54) is 0 Å². The summed E-state index contributed by atoms with van der Waals surface area (Å²) in [6, 6.07) is -0.171. The summed E-state index contributed by atoms with van der Waals surface area (Å²) in [4.78, 5) is 0. The van der Waals surface area contributed by atoms with Crippen LogP contribution >= 0.6 is 12.4 Å². The molecule has 1 aromatic carbocycles. The van der Waals surface area contributed by atoms with Crippen LogP contribution in [0.25, 0.3) is 0 Å². The van der Waals surface area contributed by atoms with E-state index in [0.29, 0.717) is 18.6 Å². The summed E-state index contributed by atoms with van der Waals surface area (Å²) in [5, 5.41) is 9.68. The smallest absolute Gasteiger partial charge is 0.391 e. The Morgan fingerprint density at radius 3 is 2.05 bits per heavy atom. The van der Waals surface area contributed by atoms with Crippen molar-refractivity contribution in [3.8, 4) is 0 Å². The fourth-order valence-corrected chi connectivity index (χ4v) is 1.95. The molecule has 22 heavy (non-hydrogen) atoms. The maximum Gasteiger partial charge on any atom is 0.416 e. The molecular weight excluding hydrogens is 336 g/mol. The van der Waals surface area contributed by atoms with E-state index in [-0.39, 0.29) is 24.9 Å². The molecule has 0 aliphatic carbocycles. The van der Waals surface area contributed by atoms with Gasteiger partial charge in [0.1, 0.15) is 0 Å². The highest BCUT2D eigenvalue weighted by Crippen LogP contribution is 2.39. The second-order valence-corrected chi connectivity index (χ2v) is 4.68. The Morgan fingerprint density at radius 2 is 1.64 bits per heavy atom. The zero-order valence-electron chi connectivity index (χ0n) is 11.5. The van der Waals surface area contributed by atoms with Gasteiger partial charge in [0.15, 0.2) is 0 Å². The molecular formula is C13H16ClF6NO. The van der Waals surface area contributed by atoms with Gasteiger partial charge in [0, 0.05) is 0 Å². The van der Waals surface area contributed by atoms with Gasteiger partial charge < -0.3 is 10.8 Å². The lowest BCUT2D eigenvalue weighted by Gasteiger charge is -2.23. The van der Waals surface area contributed by atoms with E-state index in [0.717, 1.165) is 0 Å². The molecule has 0 spiro atoms. The van der Waals surface area contributed by atoms with Crippen molar-refractivity contribution >= 4 is 12.4 Å². The highest BCUT2D eigenvalue weighted by molar-refractivity contribution is 5.85. The number of hydrogen-bond acceptors (Lipinski definition) is 2. The second kappa shape index (κ2) is 7.52. The third-order valence-electron chi connectivity index (χ3n) is 3.04. The molecule has 128 valence electrons. The van der Waals surface area contributed by atoms with Gasteiger partial charge in [0.05, 0.1) is 23.3 Å². The van der Waals surface area contributed by atoms with Crippen LogP contribution in [-0.2, 0) is 12.4 Å². The van der Waals surface area contributed by atoms with E-state index < -0.39 is 41.2 Å². The van der Waals surface area contributed by atoms with Gasteiger partial charge in [-0.1, -0.05) is 19.4 Å². The average Bonchev–Trinajstić information content (AvgIpc) is 2.35. The van der Waals surface area contributed by atoms with Crippen LogP contribution in [0.2, 0.25) is 0 Å². The van der Waals surface area contributed by atoms with Crippen molar-refractivity contribution in [1.29, 1.82) is 0 Å². The van der Waals surface area contributed by atoms with Crippen molar-refractivity contribution in [2.24, 2.45) is 5.73 Å². The quantitative estimate of drug-likeness (QED) is 0.794. The van der Waals surface area contributed by atoms with Gasteiger partial charge >= 0.3 is 12.4 Å². The van der Waals surface area contributed by atoms with E-state index in [9.17, 15) is 31.4 Å². The fourth-order valence-electron chi connectivity index (χ4n) is 1.95. The maximum absolute atomic E-state index is 12.9. The van der Waals surface area contributed by atoms with Crippen LogP contribution in [0.4, 0.5) is 26.3 Å². The second-order valence-electron chi connectivity index (χ2n) is 4.68. The summed E-state index contributed by atoms with van der Waals surface area (Å²) in [6.45, 7) is 1.70. The molecule has 0 amide bonds. The van der Waals surface area contributed by atoms with Crippen LogP contribution in [0.3, 0.4) is 0 Å². The van der Waals surface area contributed by atoms with E-state index in [4.69, 9.17) is 5.73 Å². The minimum absolute atomic E-state index is 0. The summed E-state index contributed by atoms with van der Waals surface area (Å²) in [7, 11) is 0. The van der Waals surface area contributed by atoms with Crippen LogP contribution in [0.1, 0.15) is 42.5 Å². The van der Waals surface area contributed by atoms with Gasteiger partial charge in [-0.3, -0.25) is 0 Å². The molecule has 0 aliphatic heterocycles. The lowest BCUT2D eigenvalue weighted by Crippen LogP contribution is -2.29. The number of hydrogen-bond donors (Lipinski definition) is 2. The molecule has 0 saturated heterocycles. The van der Waals surface area contributed by atoms with Gasteiger partial charge in [-0.2, -0.15) is 26.3 Å². The van der Waals surface area contributed by atoms with Crippen LogP contribution in [0, 0.1) is 0 Å². The third kappa shape index (κ3) is 5.03. The zero-order chi connectivity index (χ0) is 16.4. The number of alkyl halides is 6. The first kappa shape index (κ1) is 21.0. The molecule has 0 saturated carbocycles. The average molecular weight is 352 g/mol. The molecule has 1 rings (SSSR count). The minimum atomic E-state index is -4.99. The molecule has 0 bridgehead atoms. The first-order valence-corrected chi connectivity index (χ1v) is 6.20. The predicted octanol–water partition coefficient (Wildman–Crippen LogP) is 4.31. The van der Waals surface area contributed by atoms with Crippen LogP contribution < -0.4 is 5.73 Å². The Morgan fingerprint density at radius 1 is 1.09 bits per heavy atom. The Kier molecular flexibility index (Phi) is 7.18. The van der Waals surface area contributed by atoms with Crippen molar-refractivity contribution in [3.05, 3.63) is 34.9 Å². The fraction of sp³-hybridized carbons (Fsp3) is 0.538. The summed E-state index contributed by atoms with van der Waals surface area (Å²) < 4.78 is 76.3. The van der Waals surface area contributed by atoms with Crippen LogP contribution in [0.5, 0.6) is 0 Å². The standard InChI is InChI=1S/C13H15F6NO.ClH/c1-2-3-10(21)11(20)8-5-4-7(12(14,15)16)6-9(8)13(17,18)19;/h4-6,10-11,21H,2-3,20H2,1H3;1H/t10-,11+;/m0./s1. The topological polar surface area (TPSA) is 46.2 Å². The molecule has 1 aromatic rings. The van der Waals surface area contributed by atoms with Crippen LogP contribution in [-0.4, -0.2) is 11.2 Å². The number of aliphatic hydroxyl groups excluding tert-OH is 1. The number of benzene rings is 1. The van der Waals surface area contributed by atoms with Crippen molar-refractivity contribution in [1.82, 2.24) is 0 Å². The molecule has 0 radical (unpaired) electrons. The first-order chi connectivity index (χ1) is 9.48. The molecule has 0 heterocycles. The Bertz CT molecular complexity index is 488. The molecule has 3 N–H and O–H groups in total. The third-order valence-corrected chi connectivity index (χ3v) is 3.04. The number of halogens is 7. The van der Waals surface area contributed by atoms with E-state index in [1.54, 1.807) is 6.92 Å². The molecule has 0 aliphatic rings. The summed E-state index contributed by atoms with van der Waals surface area (Å²) >= 11 is 0. The first-order valence-electron chi connectivity index (χ1n) is 6.20. The maximum atomic E-state index is 12.9. The molecule has 0 unspecified atom stereocenters. The summed E-state index contributed by atoms with van der Waals surface area (Å²) in [5.74, 6) is 0. The zero-order valence-corrected chi connectivity index (χ0v) is 12.3. The molecule has 2 nitrogen and oxygen atoms in total. The molecule has 2 atom stereocenters. The Labute approximate surface area is 129 Å². The molecule has 9 heteroatoms. The highest BCUT2D eigenvalue weighted by Gasteiger charge is 2.39. The summed E-state index contributed by atoms with van der Waals surface area (Å²) in [5.41, 5.74) is 2.13. The highest BCUT2D eigenvalue weighted by atomic mass is 35.5. The van der Waals surface area contributed by atoms with Crippen molar-refractivity contribution in [2.45, 2.75) is 44.3 Å². The van der Waals surface area contributed by atoms with Gasteiger partial charge in [0.25, 0.3) is 0 Å². The normalized spacial score (nSPS) is 15.1. The van der Waals surface area contributed by atoms with E-state index in [1.807, 2.05) is 0 Å². The van der Waals surface area contributed by atoms with Gasteiger partial charge in [-0.15, -0.1) is 12.4 Å². The van der Waals surface area contributed by atoms with E-state index >= 15 is 0 Å². The summed E-state index contributed by atoms with van der Waals surface area (Å²) in [6.07, 6.45) is -10.5. The van der Waals surface area contributed by atoms with Crippen molar-refractivity contribution in [3.63, 3.8) is 0 Å². The predicted molar refractivity (Wildman–Crippen MR) is 71.5 cm³/mol. The lowest BCUT2D eigenvalue weighted by molar-refractivity contribution is -0.143. The van der Waals surface area contributed by atoms with E-state index in [2.05, 4.69) is 0 Å². The molecule has 0 fully saturated rings. The number of nitrogens with two attached hydrogens (primary N) is 1. The monoisotopic (exact) mass is 351 g/mol. The van der Waals surface area contributed by atoms with Gasteiger partial charge in [0.2, 0.25) is 0 Å². The Hall–Kier alpha value is -0.990. The molecule has 0 aromatic heterocycles. The van der Waals surface area contributed by atoms with Crippen molar-refractivity contribution < 1.29 is 31.4 Å². The largest absolute Gasteiger partial charge is 0.416 e. The van der Waals surface area contributed by atoms with Crippen LogP contribution in [0.15, 0.2) is 18.2 Å². The SMILES string of the molecule is CCC[C@H](O)[C@H](N)c1ccc(C(F)(F)F)cc1C(F)(F)F.Cl. The van der Waals surface area contributed by atoms with Gasteiger partial charge in [-0.25, -0.2) is 0 Å². The lowest BCUT2D eigenvalue weighted by atomic mass is 9.93.